The standard InChI is InChI=1S/C24H35IN3O2P/c1-9-11-13-19(12-10-2)27-28-20-16-18(14-15-22(20)30-25)17-21(26-24(3,4)5)23(29)31(6,7)8/h9-16,21,26,31H,1-2,17H2,3-8H3/b13-11-,19-12+,28-27?. The molecule has 0 aliphatic heterocycles. The average molecular weight is 555 g/mol. The van der Waals surface area contributed by atoms with Crippen molar-refractivity contribution in [1.82, 2.24) is 5.32 Å². The van der Waals surface area contributed by atoms with E-state index < -0.39 is 7.26 Å². The second kappa shape index (κ2) is 12.4. The Bertz CT molecular complexity index is 878. The number of carbonyl (C=O) groups excluding carboxylic acids is 1. The first-order chi connectivity index (χ1) is 14.4. The van der Waals surface area contributed by atoms with Gasteiger partial charge < -0.3 is 0 Å². The molecule has 0 amide bonds. The van der Waals surface area contributed by atoms with Crippen molar-refractivity contribution >= 4 is 41.5 Å². The Kier molecular flexibility index (Phi) is 11.0. The van der Waals surface area contributed by atoms with Gasteiger partial charge in [-0.05, 0) is 0 Å². The molecule has 0 fully saturated rings. The Labute approximate surface area is 201 Å². The van der Waals surface area contributed by atoms with Gasteiger partial charge in [-0.25, -0.2) is 0 Å². The van der Waals surface area contributed by atoms with Crippen molar-refractivity contribution in [3.63, 3.8) is 0 Å². The minimum atomic E-state index is -1.96. The third-order valence-electron chi connectivity index (χ3n) is 4.17. The van der Waals surface area contributed by atoms with Crippen LogP contribution in [0.15, 0.2) is 77.7 Å². The van der Waals surface area contributed by atoms with Gasteiger partial charge in [-0.1, -0.05) is 6.58 Å². The van der Waals surface area contributed by atoms with E-state index in [1.165, 1.54) is 0 Å². The predicted octanol–water partition coefficient (Wildman–Crippen LogP) is 6.78. The van der Waals surface area contributed by atoms with Crippen molar-refractivity contribution in [2.45, 2.75) is 38.8 Å². The first-order valence-corrected chi connectivity index (χ1v) is 14.6. The molecule has 1 N–H and O–H groups in total. The Hall–Kier alpha value is -1.63. The zero-order valence-electron chi connectivity index (χ0n) is 19.4. The maximum atomic E-state index is 13.1. The van der Waals surface area contributed by atoms with Crippen molar-refractivity contribution < 1.29 is 7.86 Å². The van der Waals surface area contributed by atoms with E-state index in [-0.39, 0.29) is 11.6 Å². The molecule has 0 saturated carbocycles. The van der Waals surface area contributed by atoms with Crippen LogP contribution < -0.4 is 8.38 Å². The second-order valence-corrected chi connectivity index (χ2v) is 14.7. The fourth-order valence-corrected chi connectivity index (χ4v) is 4.44. The SMILES string of the molecule is C=C/C=C\C(=C/C=C)N=Nc1cc(CC(NC(C)(C)C)C(=O)[PH](C)(C)C)ccc1OI. The summed E-state index contributed by atoms with van der Waals surface area (Å²) in [6.45, 7) is 19.9. The molecule has 0 heterocycles. The molecule has 1 unspecified atom stereocenters. The van der Waals surface area contributed by atoms with Crippen LogP contribution in [0.3, 0.4) is 0 Å². The van der Waals surface area contributed by atoms with Crippen molar-refractivity contribution in [3.8, 4) is 5.75 Å². The fraction of sp³-hybridized carbons (Fsp3) is 0.375. The van der Waals surface area contributed by atoms with Crippen LogP contribution in [-0.4, -0.2) is 37.1 Å². The average Bonchev–Trinajstić information content (AvgIpc) is 2.67. The number of carbonyl (C=O) groups is 1. The predicted molar refractivity (Wildman–Crippen MR) is 145 cm³/mol. The summed E-state index contributed by atoms with van der Waals surface area (Å²) < 4.78 is 5.43. The summed E-state index contributed by atoms with van der Waals surface area (Å²) in [6, 6.07) is 5.50. The number of allylic oxidation sites excluding steroid dienone is 5. The van der Waals surface area contributed by atoms with Gasteiger partial charge in [0.15, 0.2) is 0 Å². The van der Waals surface area contributed by atoms with E-state index in [0.29, 0.717) is 29.1 Å². The van der Waals surface area contributed by atoms with Gasteiger partial charge in [-0.15, -0.1) is 0 Å². The third kappa shape index (κ3) is 10.0. The number of azo groups is 1. The van der Waals surface area contributed by atoms with Crippen molar-refractivity contribution in [3.05, 3.63) is 73.0 Å². The van der Waals surface area contributed by atoms with E-state index >= 15 is 0 Å². The molecule has 0 aromatic heterocycles. The summed E-state index contributed by atoms with van der Waals surface area (Å²) in [5, 5.41) is 12.2. The molecule has 0 aliphatic rings. The van der Waals surface area contributed by atoms with Crippen molar-refractivity contribution in [1.29, 1.82) is 0 Å². The Morgan fingerprint density at radius 2 is 1.94 bits per heavy atom. The molecule has 1 aromatic rings. The van der Waals surface area contributed by atoms with Gasteiger partial charge in [-0.2, -0.15) is 0 Å². The monoisotopic (exact) mass is 555 g/mol. The molecule has 31 heavy (non-hydrogen) atoms. The number of hydrogen-bond donors (Lipinski definition) is 1. The number of halogens is 1. The zero-order valence-corrected chi connectivity index (χ0v) is 22.6. The Morgan fingerprint density at radius 1 is 1.26 bits per heavy atom. The maximum absolute atomic E-state index is 13.1. The molecule has 0 radical (unpaired) electrons. The van der Waals surface area contributed by atoms with Crippen LogP contribution >= 0.6 is 30.3 Å². The molecule has 1 atom stereocenters. The van der Waals surface area contributed by atoms with Crippen LogP contribution in [0.4, 0.5) is 5.69 Å². The normalized spacial score (nSPS) is 14.6. The summed E-state index contributed by atoms with van der Waals surface area (Å²) >= 11 is 1.83. The van der Waals surface area contributed by atoms with E-state index in [9.17, 15) is 4.79 Å². The van der Waals surface area contributed by atoms with E-state index in [4.69, 9.17) is 3.07 Å². The molecule has 0 aliphatic carbocycles. The molecule has 1 aromatic carbocycles. The molecule has 0 bridgehead atoms. The summed E-state index contributed by atoms with van der Waals surface area (Å²) in [4.78, 5) is 13.1. The second-order valence-electron chi connectivity index (χ2n) is 9.27. The number of benzene rings is 1. The van der Waals surface area contributed by atoms with Gasteiger partial charge in [0.25, 0.3) is 0 Å². The first-order valence-electron chi connectivity index (χ1n) is 10.2. The molecular weight excluding hydrogens is 520 g/mol. The number of nitrogens with one attached hydrogen (secondary N) is 1. The zero-order chi connectivity index (χ0) is 23.7. The van der Waals surface area contributed by atoms with Gasteiger partial charge in [0.1, 0.15) is 0 Å². The van der Waals surface area contributed by atoms with Gasteiger partial charge in [-0.3, -0.25) is 0 Å². The topological polar surface area (TPSA) is 63.0 Å². The van der Waals surface area contributed by atoms with Crippen LogP contribution in [-0.2, 0) is 11.2 Å². The summed E-state index contributed by atoms with van der Waals surface area (Å²) in [6.07, 6.45) is 9.24. The molecule has 7 heteroatoms. The van der Waals surface area contributed by atoms with Crippen LogP contribution in [0.2, 0.25) is 0 Å². The van der Waals surface area contributed by atoms with Gasteiger partial charge >= 0.3 is 196 Å². The molecule has 5 nitrogen and oxygen atoms in total. The summed E-state index contributed by atoms with van der Waals surface area (Å²) in [5.74, 6) is 0.607. The van der Waals surface area contributed by atoms with Gasteiger partial charge in [0.05, 0.1) is 0 Å². The minimum absolute atomic E-state index is 0.171. The summed E-state index contributed by atoms with van der Waals surface area (Å²) in [7, 11) is -1.96. The van der Waals surface area contributed by atoms with Crippen LogP contribution in [0.1, 0.15) is 26.3 Å². The number of rotatable bonds is 11. The molecular formula is C24H35IN3O2P. The van der Waals surface area contributed by atoms with E-state index in [1.807, 2.05) is 41.2 Å². The first kappa shape index (κ1) is 27.4. The van der Waals surface area contributed by atoms with Crippen LogP contribution in [0, 0.1) is 0 Å². The van der Waals surface area contributed by atoms with Crippen molar-refractivity contribution in [2.75, 3.05) is 20.0 Å². The molecule has 1 rings (SSSR count). The quantitative estimate of drug-likeness (QED) is 0.142. The molecule has 0 saturated heterocycles. The van der Waals surface area contributed by atoms with Gasteiger partial charge in [0, 0.05) is 0 Å². The fourth-order valence-electron chi connectivity index (χ4n) is 2.84. The molecule has 170 valence electrons. The number of nitrogens with zero attached hydrogens (tertiary/aromatic N) is 2. The van der Waals surface area contributed by atoms with Crippen LogP contribution in [0.5, 0.6) is 5.75 Å². The Morgan fingerprint density at radius 3 is 2.45 bits per heavy atom. The summed E-state index contributed by atoms with van der Waals surface area (Å²) in [5.41, 5.74) is 2.38. The van der Waals surface area contributed by atoms with Gasteiger partial charge in [0.2, 0.25) is 0 Å². The third-order valence-corrected chi connectivity index (χ3v) is 6.48. The van der Waals surface area contributed by atoms with E-state index in [1.54, 1.807) is 30.4 Å². The van der Waals surface area contributed by atoms with Crippen LogP contribution in [0.25, 0.3) is 0 Å². The van der Waals surface area contributed by atoms with Crippen molar-refractivity contribution in [2.24, 2.45) is 10.2 Å². The molecule has 0 spiro atoms. The van der Waals surface area contributed by atoms with E-state index in [0.717, 1.165) is 5.56 Å². The number of hydrogen-bond acceptors (Lipinski definition) is 5. The Balaban J connectivity index is 3.29. The van der Waals surface area contributed by atoms with E-state index in [2.05, 4.69) is 69.5 Å².